The van der Waals surface area contributed by atoms with Crippen molar-refractivity contribution in [2.24, 2.45) is 0 Å². The first-order valence-electron chi connectivity index (χ1n) is 6.22. The van der Waals surface area contributed by atoms with Crippen LogP contribution in [0.5, 0.6) is 0 Å². The zero-order valence-corrected chi connectivity index (χ0v) is 11.6. The van der Waals surface area contributed by atoms with E-state index >= 15 is 0 Å². The first kappa shape index (κ1) is 13.5. The first-order valence-corrected chi connectivity index (χ1v) is 6.59. The van der Waals surface area contributed by atoms with Crippen LogP contribution in [0.1, 0.15) is 5.56 Å². The van der Waals surface area contributed by atoms with E-state index in [2.05, 4.69) is 20.4 Å². The van der Waals surface area contributed by atoms with E-state index in [1.807, 2.05) is 12.1 Å². The molecule has 0 saturated carbocycles. The predicted octanol–water partition coefficient (Wildman–Crippen LogP) is 3.07. The largest absolute Gasteiger partial charge is 0.378 e. The van der Waals surface area contributed by atoms with Crippen molar-refractivity contribution in [3.8, 4) is 5.82 Å². The molecule has 0 saturated heterocycles. The molecule has 2 heterocycles. The van der Waals surface area contributed by atoms with Crippen molar-refractivity contribution in [3.63, 3.8) is 0 Å². The second-order valence-electron chi connectivity index (χ2n) is 4.30. The third-order valence-electron chi connectivity index (χ3n) is 2.91. The van der Waals surface area contributed by atoms with Gasteiger partial charge in [0.1, 0.15) is 18.5 Å². The molecule has 21 heavy (non-hydrogen) atoms. The van der Waals surface area contributed by atoms with E-state index in [0.717, 1.165) is 11.3 Å². The predicted molar refractivity (Wildman–Crippen MR) is 77.9 cm³/mol. The van der Waals surface area contributed by atoms with Gasteiger partial charge >= 0.3 is 0 Å². The molecule has 0 spiro atoms. The Bertz CT molecular complexity index is 745. The topological polar surface area (TPSA) is 55.6 Å². The number of benzene rings is 1. The van der Waals surface area contributed by atoms with Crippen LogP contribution in [0, 0.1) is 5.82 Å². The molecular formula is C14H11ClFN5. The van der Waals surface area contributed by atoms with Crippen LogP contribution >= 0.6 is 11.6 Å². The lowest BCUT2D eigenvalue weighted by Crippen LogP contribution is -2.07. The van der Waals surface area contributed by atoms with Gasteiger partial charge in [-0.05, 0) is 29.8 Å². The van der Waals surface area contributed by atoms with Crippen molar-refractivity contribution in [2.45, 2.75) is 6.54 Å². The molecule has 0 bridgehead atoms. The highest BCUT2D eigenvalue weighted by molar-refractivity contribution is 6.31. The number of anilines is 1. The van der Waals surface area contributed by atoms with Gasteiger partial charge in [0.05, 0.1) is 5.69 Å². The third kappa shape index (κ3) is 3.00. The van der Waals surface area contributed by atoms with Crippen LogP contribution in [0.3, 0.4) is 0 Å². The Hall–Kier alpha value is -2.47. The van der Waals surface area contributed by atoms with Crippen molar-refractivity contribution >= 4 is 17.3 Å². The van der Waals surface area contributed by atoms with Crippen LogP contribution in [0.4, 0.5) is 10.1 Å². The highest BCUT2D eigenvalue weighted by atomic mass is 35.5. The van der Waals surface area contributed by atoms with Gasteiger partial charge in [0.15, 0.2) is 5.82 Å². The number of hydrogen-bond donors (Lipinski definition) is 1. The fraction of sp³-hybridized carbons (Fsp3) is 0.0714. The van der Waals surface area contributed by atoms with Crippen LogP contribution in [-0.2, 0) is 6.54 Å². The summed E-state index contributed by atoms with van der Waals surface area (Å²) in [5, 5.41) is 7.66. The Morgan fingerprint density at radius 1 is 1.29 bits per heavy atom. The van der Waals surface area contributed by atoms with Gasteiger partial charge in [-0.3, -0.25) is 0 Å². The van der Waals surface area contributed by atoms with Crippen molar-refractivity contribution < 1.29 is 4.39 Å². The molecule has 0 fully saturated rings. The van der Waals surface area contributed by atoms with E-state index in [1.54, 1.807) is 23.3 Å². The molecule has 3 rings (SSSR count). The van der Waals surface area contributed by atoms with Crippen LogP contribution in [-0.4, -0.2) is 19.7 Å². The van der Waals surface area contributed by atoms with Crippen LogP contribution in [0.2, 0.25) is 5.02 Å². The fourth-order valence-electron chi connectivity index (χ4n) is 1.89. The molecule has 0 aliphatic carbocycles. The molecule has 0 radical (unpaired) electrons. The summed E-state index contributed by atoms with van der Waals surface area (Å²) in [5.41, 5.74) is 1.58. The van der Waals surface area contributed by atoms with Gasteiger partial charge in [0.25, 0.3) is 0 Å². The summed E-state index contributed by atoms with van der Waals surface area (Å²) >= 11 is 6.01. The van der Waals surface area contributed by atoms with Gasteiger partial charge < -0.3 is 5.32 Å². The summed E-state index contributed by atoms with van der Waals surface area (Å²) in [4.78, 5) is 8.18. The quantitative estimate of drug-likeness (QED) is 0.805. The molecule has 0 atom stereocenters. The summed E-state index contributed by atoms with van der Waals surface area (Å²) in [7, 11) is 0. The highest BCUT2D eigenvalue weighted by Gasteiger charge is 2.07. The number of rotatable bonds is 4. The second kappa shape index (κ2) is 5.88. The fourth-order valence-corrected chi connectivity index (χ4v) is 2.12. The Balaban J connectivity index is 1.83. The van der Waals surface area contributed by atoms with E-state index in [1.165, 1.54) is 18.5 Å². The van der Waals surface area contributed by atoms with Crippen molar-refractivity contribution in [1.82, 2.24) is 19.7 Å². The van der Waals surface area contributed by atoms with Crippen LogP contribution < -0.4 is 5.32 Å². The molecule has 0 amide bonds. The molecule has 3 aromatic rings. The SMILES string of the molecule is Fc1ccc(CNc2cccnc2-n2cncn2)c(Cl)c1. The highest BCUT2D eigenvalue weighted by Crippen LogP contribution is 2.21. The van der Waals surface area contributed by atoms with Crippen molar-refractivity contribution in [3.05, 3.63) is 65.6 Å². The maximum atomic E-state index is 13.0. The Labute approximate surface area is 125 Å². The van der Waals surface area contributed by atoms with Gasteiger partial charge in [-0.25, -0.2) is 19.0 Å². The van der Waals surface area contributed by atoms with Gasteiger partial charge in [0, 0.05) is 17.8 Å². The monoisotopic (exact) mass is 303 g/mol. The minimum absolute atomic E-state index is 0.353. The molecular weight excluding hydrogens is 293 g/mol. The van der Waals surface area contributed by atoms with E-state index < -0.39 is 0 Å². The lowest BCUT2D eigenvalue weighted by Gasteiger charge is -2.11. The average molecular weight is 304 g/mol. The smallest absolute Gasteiger partial charge is 0.178 e. The summed E-state index contributed by atoms with van der Waals surface area (Å²) in [5.74, 6) is 0.279. The molecule has 2 aromatic heterocycles. The molecule has 7 heteroatoms. The number of hydrogen-bond acceptors (Lipinski definition) is 4. The maximum Gasteiger partial charge on any atom is 0.178 e. The number of nitrogens with one attached hydrogen (secondary N) is 1. The molecule has 106 valence electrons. The molecule has 5 nitrogen and oxygen atoms in total. The lowest BCUT2D eigenvalue weighted by molar-refractivity contribution is 0.627. The van der Waals surface area contributed by atoms with Crippen molar-refractivity contribution in [1.29, 1.82) is 0 Å². The first-order chi connectivity index (χ1) is 10.2. The number of aromatic nitrogens is 4. The van der Waals surface area contributed by atoms with Gasteiger partial charge in [-0.2, -0.15) is 5.10 Å². The second-order valence-corrected chi connectivity index (χ2v) is 4.71. The summed E-state index contributed by atoms with van der Waals surface area (Å²) < 4.78 is 14.6. The number of nitrogens with zero attached hydrogens (tertiary/aromatic N) is 4. The minimum atomic E-state index is -0.353. The standard InChI is InChI=1S/C14H11ClFN5/c15-12-6-11(16)4-3-10(12)7-19-13-2-1-5-18-14(13)21-9-17-8-20-21/h1-6,8-9,19H,7H2. The Morgan fingerprint density at radius 2 is 2.19 bits per heavy atom. The minimum Gasteiger partial charge on any atom is -0.378 e. The average Bonchev–Trinajstić information content (AvgIpc) is 3.01. The van der Waals surface area contributed by atoms with E-state index in [-0.39, 0.29) is 5.82 Å². The Kier molecular flexibility index (Phi) is 3.79. The molecule has 1 N–H and O–H groups in total. The van der Waals surface area contributed by atoms with Gasteiger partial charge in [0.2, 0.25) is 0 Å². The Morgan fingerprint density at radius 3 is 2.95 bits per heavy atom. The van der Waals surface area contributed by atoms with E-state index in [4.69, 9.17) is 11.6 Å². The van der Waals surface area contributed by atoms with E-state index in [9.17, 15) is 4.39 Å². The molecule has 1 aromatic carbocycles. The number of halogens is 2. The van der Waals surface area contributed by atoms with E-state index in [0.29, 0.717) is 17.4 Å². The summed E-state index contributed by atoms with van der Waals surface area (Å²) in [6.07, 6.45) is 4.68. The van der Waals surface area contributed by atoms with Crippen LogP contribution in [0.15, 0.2) is 49.2 Å². The molecule has 0 aliphatic heterocycles. The normalized spacial score (nSPS) is 10.6. The zero-order valence-electron chi connectivity index (χ0n) is 10.9. The molecule has 0 unspecified atom stereocenters. The lowest BCUT2D eigenvalue weighted by atomic mass is 10.2. The maximum absolute atomic E-state index is 13.0. The summed E-state index contributed by atoms with van der Waals surface area (Å²) in [6, 6.07) is 8.01. The zero-order chi connectivity index (χ0) is 14.7. The van der Waals surface area contributed by atoms with Crippen molar-refractivity contribution in [2.75, 3.05) is 5.32 Å². The van der Waals surface area contributed by atoms with Gasteiger partial charge in [-0.15, -0.1) is 0 Å². The number of pyridine rings is 1. The molecule has 0 aliphatic rings. The van der Waals surface area contributed by atoms with Gasteiger partial charge in [-0.1, -0.05) is 17.7 Å². The van der Waals surface area contributed by atoms with Crippen LogP contribution in [0.25, 0.3) is 5.82 Å². The third-order valence-corrected chi connectivity index (χ3v) is 3.26. The summed E-state index contributed by atoms with van der Waals surface area (Å²) in [6.45, 7) is 0.451.